The van der Waals surface area contributed by atoms with E-state index in [9.17, 15) is 4.79 Å². The number of benzene rings is 2. The molecule has 0 aliphatic heterocycles. The van der Waals surface area contributed by atoms with E-state index in [-0.39, 0.29) is 5.91 Å². The monoisotopic (exact) mass is 374 g/mol. The second kappa shape index (κ2) is 8.56. The highest BCUT2D eigenvalue weighted by Gasteiger charge is 2.10. The van der Waals surface area contributed by atoms with Crippen molar-refractivity contribution in [2.45, 2.75) is 0 Å². The highest BCUT2D eigenvalue weighted by molar-refractivity contribution is 6.04. The minimum atomic E-state index is -0.284. The molecule has 1 heterocycles. The van der Waals surface area contributed by atoms with Crippen LogP contribution in [0, 0.1) is 11.3 Å². The Kier molecular flexibility index (Phi) is 5.72. The number of methoxy groups -OCH3 is 2. The largest absolute Gasteiger partial charge is 0.497 e. The molecule has 7 nitrogen and oxygen atoms in total. The number of rotatable bonds is 6. The Morgan fingerprint density at radius 2 is 1.82 bits per heavy atom. The Balaban J connectivity index is 1.78. The van der Waals surface area contributed by atoms with E-state index < -0.39 is 0 Å². The summed E-state index contributed by atoms with van der Waals surface area (Å²) < 4.78 is 10.6. The third kappa shape index (κ3) is 4.37. The predicted octanol–water partition coefficient (Wildman–Crippen LogP) is 3.97. The number of hydrogen-bond donors (Lipinski definition) is 2. The maximum Gasteiger partial charge on any atom is 0.255 e. The Labute approximate surface area is 162 Å². The lowest BCUT2D eigenvalue weighted by molar-refractivity contribution is 0.102. The molecular weight excluding hydrogens is 356 g/mol. The van der Waals surface area contributed by atoms with Crippen molar-refractivity contribution in [3.8, 4) is 17.6 Å². The van der Waals surface area contributed by atoms with Crippen LogP contribution in [0.1, 0.15) is 15.9 Å². The third-order valence-corrected chi connectivity index (χ3v) is 3.96. The number of hydrogen-bond acceptors (Lipinski definition) is 6. The molecule has 0 fully saturated rings. The predicted molar refractivity (Wildman–Crippen MR) is 106 cm³/mol. The number of nitriles is 1. The highest BCUT2D eigenvalue weighted by Crippen LogP contribution is 2.31. The van der Waals surface area contributed by atoms with E-state index in [0.717, 1.165) is 0 Å². The first-order valence-electron chi connectivity index (χ1n) is 8.39. The summed E-state index contributed by atoms with van der Waals surface area (Å²) >= 11 is 0. The maximum atomic E-state index is 12.5. The Bertz CT molecular complexity index is 1030. The molecule has 1 aromatic heterocycles. The van der Waals surface area contributed by atoms with E-state index in [1.807, 2.05) is 6.07 Å². The maximum absolute atomic E-state index is 12.5. The highest BCUT2D eigenvalue weighted by atomic mass is 16.5. The third-order valence-electron chi connectivity index (χ3n) is 3.96. The molecule has 2 aromatic carbocycles. The second-order valence-electron chi connectivity index (χ2n) is 5.76. The molecule has 1 amide bonds. The molecular formula is C21H18N4O3. The Morgan fingerprint density at radius 1 is 1.04 bits per heavy atom. The molecule has 3 rings (SSSR count). The van der Waals surface area contributed by atoms with Gasteiger partial charge < -0.3 is 20.1 Å². The van der Waals surface area contributed by atoms with Gasteiger partial charge in [-0.15, -0.1) is 0 Å². The normalized spacial score (nSPS) is 9.89. The van der Waals surface area contributed by atoms with Gasteiger partial charge >= 0.3 is 0 Å². The zero-order valence-corrected chi connectivity index (χ0v) is 15.4. The van der Waals surface area contributed by atoms with Crippen molar-refractivity contribution in [2.24, 2.45) is 0 Å². The van der Waals surface area contributed by atoms with Gasteiger partial charge in [0.25, 0.3) is 5.91 Å². The van der Waals surface area contributed by atoms with Crippen LogP contribution in [0.25, 0.3) is 0 Å². The molecule has 0 saturated carbocycles. The van der Waals surface area contributed by atoms with E-state index in [1.165, 1.54) is 0 Å². The van der Waals surface area contributed by atoms with Gasteiger partial charge in [0, 0.05) is 23.5 Å². The van der Waals surface area contributed by atoms with Crippen molar-refractivity contribution < 1.29 is 14.3 Å². The number of nitrogens with one attached hydrogen (secondary N) is 2. The van der Waals surface area contributed by atoms with Crippen molar-refractivity contribution in [1.29, 1.82) is 5.26 Å². The second-order valence-corrected chi connectivity index (χ2v) is 5.76. The molecule has 7 heteroatoms. The average molecular weight is 374 g/mol. The summed E-state index contributed by atoms with van der Waals surface area (Å²) in [5, 5.41) is 14.8. The van der Waals surface area contributed by atoms with Crippen molar-refractivity contribution in [2.75, 3.05) is 24.9 Å². The summed E-state index contributed by atoms with van der Waals surface area (Å²) in [6.07, 6.45) is 1.54. The van der Waals surface area contributed by atoms with Gasteiger partial charge in [0.05, 0.1) is 31.5 Å². The number of carbonyl (C=O) groups excluding carboxylic acids is 1. The van der Waals surface area contributed by atoms with Crippen LogP contribution in [0.4, 0.5) is 17.2 Å². The van der Waals surface area contributed by atoms with Crippen molar-refractivity contribution in [1.82, 2.24) is 4.98 Å². The summed E-state index contributed by atoms with van der Waals surface area (Å²) in [7, 11) is 3.15. The number of carbonyl (C=O) groups is 1. The number of nitrogens with zero attached hydrogens (tertiary/aromatic N) is 2. The molecule has 0 atom stereocenters. The minimum absolute atomic E-state index is 0.284. The topological polar surface area (TPSA) is 96.3 Å². The standard InChI is InChI=1S/C21H18N4O3/c1-27-17-7-8-19(28-2)18(12-17)25-20-11-15(9-10-23-20)21(26)24-16-5-3-14(13-22)4-6-16/h3-12H,1-2H3,(H,23,25)(H,24,26). The van der Waals surface area contributed by atoms with Crippen LogP contribution < -0.4 is 20.1 Å². The summed E-state index contributed by atoms with van der Waals surface area (Å²) in [4.78, 5) is 16.8. The van der Waals surface area contributed by atoms with Gasteiger partial charge in [0.2, 0.25) is 0 Å². The van der Waals surface area contributed by atoms with Gasteiger partial charge in [0.1, 0.15) is 17.3 Å². The van der Waals surface area contributed by atoms with Gasteiger partial charge in [-0.2, -0.15) is 5.26 Å². The van der Waals surface area contributed by atoms with Crippen LogP contribution in [0.15, 0.2) is 60.8 Å². The van der Waals surface area contributed by atoms with Crippen molar-refractivity contribution >= 4 is 23.1 Å². The van der Waals surface area contributed by atoms with Gasteiger partial charge in [-0.1, -0.05) is 0 Å². The van der Waals surface area contributed by atoms with E-state index in [4.69, 9.17) is 14.7 Å². The van der Waals surface area contributed by atoms with Gasteiger partial charge in [-0.25, -0.2) is 4.98 Å². The van der Waals surface area contributed by atoms with Crippen LogP contribution in [0.5, 0.6) is 11.5 Å². The molecule has 0 saturated heterocycles. The van der Waals surface area contributed by atoms with Crippen molar-refractivity contribution in [3.63, 3.8) is 0 Å². The lowest BCUT2D eigenvalue weighted by Crippen LogP contribution is -2.12. The number of anilines is 3. The SMILES string of the molecule is COc1ccc(OC)c(Nc2cc(C(=O)Nc3ccc(C#N)cc3)ccn2)c1. The molecule has 0 aliphatic carbocycles. The zero-order chi connectivity index (χ0) is 19.9. The van der Waals surface area contributed by atoms with Crippen LogP contribution in [0.3, 0.4) is 0 Å². The summed E-state index contributed by atoms with van der Waals surface area (Å²) in [5.74, 6) is 1.49. The number of amides is 1. The van der Waals surface area contributed by atoms with Crippen LogP contribution in [0.2, 0.25) is 0 Å². The van der Waals surface area contributed by atoms with Crippen LogP contribution in [-0.2, 0) is 0 Å². The number of ether oxygens (including phenoxy) is 2. The van der Waals surface area contributed by atoms with Crippen LogP contribution >= 0.6 is 0 Å². The fourth-order valence-corrected chi connectivity index (χ4v) is 2.52. The van der Waals surface area contributed by atoms with Gasteiger partial charge in [0.15, 0.2) is 0 Å². The van der Waals surface area contributed by atoms with Gasteiger partial charge in [-0.3, -0.25) is 4.79 Å². The average Bonchev–Trinajstić information content (AvgIpc) is 2.74. The fourth-order valence-electron chi connectivity index (χ4n) is 2.52. The quantitative estimate of drug-likeness (QED) is 0.678. The number of aromatic nitrogens is 1. The smallest absolute Gasteiger partial charge is 0.255 e. The molecule has 0 aliphatic rings. The Hall–Kier alpha value is -4.05. The molecule has 28 heavy (non-hydrogen) atoms. The van der Waals surface area contributed by atoms with Gasteiger partial charge in [-0.05, 0) is 48.5 Å². The summed E-state index contributed by atoms with van der Waals surface area (Å²) in [5.41, 5.74) is 2.23. The molecule has 0 spiro atoms. The molecule has 140 valence electrons. The Morgan fingerprint density at radius 3 is 2.50 bits per heavy atom. The lowest BCUT2D eigenvalue weighted by atomic mass is 10.2. The first kappa shape index (κ1) is 18.7. The number of pyridine rings is 1. The first-order chi connectivity index (χ1) is 13.6. The van der Waals surface area contributed by atoms with E-state index in [1.54, 1.807) is 75.0 Å². The first-order valence-corrected chi connectivity index (χ1v) is 8.39. The zero-order valence-electron chi connectivity index (χ0n) is 15.4. The molecule has 0 unspecified atom stereocenters. The van der Waals surface area contributed by atoms with Crippen LogP contribution in [-0.4, -0.2) is 25.1 Å². The summed E-state index contributed by atoms with van der Waals surface area (Å²) in [6, 6.07) is 17.3. The fraction of sp³-hybridized carbons (Fsp3) is 0.0952. The lowest BCUT2D eigenvalue weighted by Gasteiger charge is -2.13. The molecule has 0 bridgehead atoms. The van der Waals surface area contributed by atoms with E-state index in [0.29, 0.717) is 39.8 Å². The molecule has 2 N–H and O–H groups in total. The van der Waals surface area contributed by atoms with E-state index in [2.05, 4.69) is 15.6 Å². The minimum Gasteiger partial charge on any atom is -0.497 e. The van der Waals surface area contributed by atoms with Crippen molar-refractivity contribution in [3.05, 3.63) is 71.9 Å². The molecule has 3 aromatic rings. The summed E-state index contributed by atoms with van der Waals surface area (Å²) in [6.45, 7) is 0. The van der Waals surface area contributed by atoms with E-state index >= 15 is 0 Å². The molecule has 0 radical (unpaired) electrons.